The number of ketones is 1. The van der Waals surface area contributed by atoms with Gasteiger partial charge in [0.2, 0.25) is 0 Å². The molecule has 0 spiro atoms. The van der Waals surface area contributed by atoms with Crippen LogP contribution in [0.1, 0.15) is 158 Å². The predicted octanol–water partition coefficient (Wildman–Crippen LogP) is 18.8. The molecule has 1 unspecified atom stereocenters. The fourth-order valence-electron chi connectivity index (χ4n) is 13.2. The number of hydrogen-bond acceptors (Lipinski definition) is 17. The molecule has 1 aliphatic rings. The topological polar surface area (TPSA) is 316 Å². The largest absolute Gasteiger partial charge is 0.466 e. The highest BCUT2D eigenvalue weighted by atomic mass is 16.6. The molecule has 15 rings (SSSR count). The summed E-state index contributed by atoms with van der Waals surface area (Å²) in [7, 11) is 0. The number of esters is 7. The molecular weight excluding hydrogens is 1540 g/mol. The Balaban J connectivity index is 0.000000163. The maximum Gasteiger partial charge on any atom is 0.354 e. The van der Waals surface area contributed by atoms with Crippen LogP contribution in [-0.2, 0) is 99.3 Å². The van der Waals surface area contributed by atoms with Crippen LogP contribution in [-0.4, -0.2) is 136 Å². The number of carbonyl (C=O) groups excluding carboxylic acids is 9. The highest BCUT2D eigenvalue weighted by molar-refractivity contribution is 6.04. The maximum atomic E-state index is 12.5. The van der Waals surface area contributed by atoms with Crippen LogP contribution >= 0.6 is 0 Å². The molecule has 632 valence electrons. The second-order valence-electron chi connectivity index (χ2n) is 30.9. The maximum absolute atomic E-state index is 12.5. The standard InChI is InChI=1S/C19H25NO4.C19H23NO4.C17H19NO3.C13H13NO2.C11H11NO2.C9H9NO.C9H7NO/c2*1-5-23-17(21)11-10-15-12-14-8-6-7-9-16(14)20(15)13-18(22)24-19(2,3)4;1-17(2,3)21-16(20)15-14(19)9-8-12-10-11-6-4-5-7-13(11)18(12)15;1-2-16-13(15)8-7-11-9-10-5-3-4-6-12(10)14-11;1-2-14-11(13)10-7-8-5-3-4-6-9(8)12-10;2*11-6-8-5-7-3-1-2-4-9(7)10-8/h6-9,12H,5,10-11,13H2,1-4H3;6-12H,5,13H2,1-4H3;4-7,10,15H,8-9H2,1-3H3;3-9,14H,2H2,1H3;3-7,12H,2H2,1H3;1-5,10-11H,6H2;1-6,10H/b;11-10+;;8-7+;;;. The highest BCUT2D eigenvalue weighted by Gasteiger charge is 2.37. The number of rotatable bonds is 19. The Bertz CT molecular complexity index is 5820. The molecule has 7 aromatic carbocycles. The van der Waals surface area contributed by atoms with Gasteiger partial charge in [0.05, 0.1) is 45.1 Å². The molecule has 1 aliphatic heterocycles. The van der Waals surface area contributed by atoms with Gasteiger partial charge in [-0.25, -0.2) is 19.2 Å². The van der Waals surface area contributed by atoms with Crippen molar-refractivity contribution in [2.24, 2.45) is 0 Å². The minimum absolute atomic E-state index is 0.0712. The van der Waals surface area contributed by atoms with E-state index in [0.717, 1.165) is 111 Å². The van der Waals surface area contributed by atoms with E-state index in [2.05, 4.69) is 26.0 Å². The first-order chi connectivity index (χ1) is 57.9. The van der Waals surface area contributed by atoms with Gasteiger partial charge in [-0.3, -0.25) is 24.0 Å². The molecule has 8 heterocycles. The average molecular weight is 1640 g/mol. The van der Waals surface area contributed by atoms with Crippen LogP contribution in [0.3, 0.4) is 0 Å². The Labute approximate surface area is 702 Å². The summed E-state index contributed by atoms with van der Waals surface area (Å²) >= 11 is 0. The lowest BCUT2D eigenvalue weighted by Crippen LogP contribution is -2.37. The number of Topliss-reactive ketones (excluding diaryl/α,β-unsaturated/α-hetero) is 1. The van der Waals surface area contributed by atoms with E-state index < -0.39 is 34.8 Å². The monoisotopic (exact) mass is 1640 g/mol. The van der Waals surface area contributed by atoms with Crippen molar-refractivity contribution in [1.82, 2.24) is 33.6 Å². The van der Waals surface area contributed by atoms with Crippen molar-refractivity contribution < 1.29 is 81.4 Å². The van der Waals surface area contributed by atoms with Crippen molar-refractivity contribution in [3.05, 3.63) is 264 Å². The van der Waals surface area contributed by atoms with Crippen LogP contribution in [0.15, 0.2) is 224 Å². The first-order valence-electron chi connectivity index (χ1n) is 40.2. The van der Waals surface area contributed by atoms with Crippen molar-refractivity contribution >= 4 is 142 Å². The lowest BCUT2D eigenvalue weighted by atomic mass is 10.0. The number of aryl methyl sites for hydroxylation is 2. The minimum atomic E-state index is -0.854. The van der Waals surface area contributed by atoms with Crippen molar-refractivity contribution in [1.29, 1.82) is 0 Å². The van der Waals surface area contributed by atoms with Gasteiger partial charge in [0.1, 0.15) is 35.6 Å². The number of aromatic amines is 4. The van der Waals surface area contributed by atoms with Crippen LogP contribution in [0, 0.1) is 0 Å². The van der Waals surface area contributed by atoms with Gasteiger partial charge in [-0.15, -0.1) is 0 Å². The number of ether oxygens (including phenoxy) is 7. The van der Waals surface area contributed by atoms with Crippen molar-refractivity contribution in [2.45, 2.75) is 158 Å². The molecule has 14 aromatic rings. The molecular formula is C97H107N7O17. The third-order valence-corrected chi connectivity index (χ3v) is 18.1. The first-order valence-corrected chi connectivity index (χ1v) is 40.2. The highest BCUT2D eigenvalue weighted by Crippen LogP contribution is 2.33. The van der Waals surface area contributed by atoms with Crippen LogP contribution in [0.25, 0.3) is 88.5 Å². The molecule has 0 radical (unpaired) electrons. The summed E-state index contributed by atoms with van der Waals surface area (Å²) in [6.45, 7) is 25.4. The van der Waals surface area contributed by atoms with Gasteiger partial charge in [-0.2, -0.15) is 0 Å². The first kappa shape index (κ1) is 91.3. The number of benzene rings is 7. The van der Waals surface area contributed by atoms with Crippen molar-refractivity contribution in [3.63, 3.8) is 0 Å². The molecule has 7 aromatic heterocycles. The van der Waals surface area contributed by atoms with E-state index >= 15 is 0 Å². The second-order valence-corrected chi connectivity index (χ2v) is 30.9. The zero-order valence-corrected chi connectivity index (χ0v) is 70.8. The Hall–Kier alpha value is -13.6. The molecule has 0 bridgehead atoms. The fourth-order valence-corrected chi connectivity index (χ4v) is 13.2. The van der Waals surface area contributed by atoms with Crippen LogP contribution < -0.4 is 0 Å². The smallest absolute Gasteiger partial charge is 0.354 e. The molecule has 1 atom stereocenters. The number of aliphatic hydroxyl groups is 1. The molecule has 24 nitrogen and oxygen atoms in total. The average Bonchev–Trinajstić information content (AvgIpc) is 1.61. The molecule has 0 fully saturated rings. The molecule has 0 saturated heterocycles. The normalized spacial score (nSPS) is 12.4. The molecule has 0 saturated carbocycles. The molecule has 0 amide bonds. The predicted molar refractivity (Wildman–Crippen MR) is 472 cm³/mol. The summed E-state index contributed by atoms with van der Waals surface area (Å²) in [6, 6.07) is 67.6. The second kappa shape index (κ2) is 43.2. The quantitative estimate of drug-likeness (QED) is 0.0165. The molecule has 5 N–H and O–H groups in total. The third kappa shape index (κ3) is 27.2. The minimum Gasteiger partial charge on any atom is -0.466 e. The van der Waals surface area contributed by atoms with Crippen LogP contribution in [0.2, 0.25) is 0 Å². The Kier molecular flexibility index (Phi) is 32.6. The van der Waals surface area contributed by atoms with E-state index in [4.69, 9.17) is 38.3 Å². The summed E-state index contributed by atoms with van der Waals surface area (Å²) in [6.07, 6.45) is 8.86. The van der Waals surface area contributed by atoms with E-state index in [1.54, 1.807) is 45.9 Å². The van der Waals surface area contributed by atoms with Gasteiger partial charge in [0.25, 0.3) is 0 Å². The van der Waals surface area contributed by atoms with Gasteiger partial charge < -0.3 is 71.9 Å². The van der Waals surface area contributed by atoms with Gasteiger partial charge in [-0.05, 0) is 221 Å². The molecule has 121 heavy (non-hydrogen) atoms. The van der Waals surface area contributed by atoms with Gasteiger partial charge in [-0.1, -0.05) is 127 Å². The van der Waals surface area contributed by atoms with Crippen LogP contribution in [0.4, 0.5) is 0 Å². The number of fused-ring (bicyclic) bond motifs is 9. The number of nitrogens with one attached hydrogen (secondary N) is 4. The third-order valence-electron chi connectivity index (χ3n) is 18.1. The Morgan fingerprint density at radius 2 is 0.868 bits per heavy atom. The summed E-state index contributed by atoms with van der Waals surface area (Å²) in [4.78, 5) is 117. The number of aldehydes is 1. The summed E-state index contributed by atoms with van der Waals surface area (Å²) < 4.78 is 41.4. The number of hydrogen-bond donors (Lipinski definition) is 5. The molecule has 24 heteroatoms. The van der Waals surface area contributed by atoms with E-state index in [1.807, 2.05) is 276 Å². The number of aromatic nitrogens is 7. The number of H-pyrrole nitrogens is 4. The zero-order chi connectivity index (χ0) is 87.4. The van der Waals surface area contributed by atoms with E-state index in [-0.39, 0.29) is 55.3 Å². The van der Waals surface area contributed by atoms with Gasteiger partial charge >= 0.3 is 41.8 Å². The Morgan fingerprint density at radius 3 is 1.36 bits per heavy atom. The summed E-state index contributed by atoms with van der Waals surface area (Å²) in [5, 5.41) is 16.3. The van der Waals surface area contributed by atoms with Gasteiger partial charge in [0.15, 0.2) is 18.1 Å². The summed E-state index contributed by atoms with van der Waals surface area (Å²) in [5.74, 6) is -2.41. The van der Waals surface area contributed by atoms with E-state index in [9.17, 15) is 43.2 Å². The number of para-hydroxylation sites is 7. The van der Waals surface area contributed by atoms with Crippen molar-refractivity contribution in [2.75, 3.05) is 26.4 Å². The zero-order valence-electron chi connectivity index (χ0n) is 70.8. The number of nitrogens with zero attached hydrogens (tertiary/aromatic N) is 3. The lowest BCUT2D eigenvalue weighted by molar-refractivity contribution is -0.162. The van der Waals surface area contributed by atoms with Crippen LogP contribution in [0.5, 0.6) is 0 Å². The van der Waals surface area contributed by atoms with Crippen molar-refractivity contribution in [3.8, 4) is 0 Å². The summed E-state index contributed by atoms with van der Waals surface area (Å²) in [5.41, 5.74) is 10.8. The van der Waals surface area contributed by atoms with Gasteiger partial charge in [0, 0.05) is 102 Å². The lowest BCUT2D eigenvalue weighted by Gasteiger charge is -2.28. The van der Waals surface area contributed by atoms with E-state index in [1.165, 1.54) is 12.2 Å². The number of aliphatic hydroxyl groups excluding tert-OH is 1. The number of carbonyl (C=O) groups is 9. The molecule has 0 aliphatic carbocycles. The Morgan fingerprint density at radius 1 is 0.438 bits per heavy atom. The van der Waals surface area contributed by atoms with E-state index in [0.29, 0.717) is 63.5 Å². The fraction of sp³-hybridized carbons (Fsp3) is 0.289. The SMILES string of the molecule is CC(C)(C)OC(=O)C1C(=O)CCc2cc3ccccc3n21.CCOC(=O)/C=C/c1cc2ccccc2[nH]1.CCOC(=O)/C=C/c1cc2ccccc2n1CC(=O)OC(C)(C)C.CCOC(=O)CCc1cc2ccccc2n1CC(=O)OC(C)(C)C.CCOC(=O)c1cc2ccccc2[nH]1.O=Cc1cc2ccccc2[nH]1.OCc1cc2ccccc2[nH]1.